The number of amides is 1. The third kappa shape index (κ3) is 3.96. The van der Waals surface area contributed by atoms with Gasteiger partial charge in [-0.05, 0) is 44.2 Å². The zero-order valence-corrected chi connectivity index (χ0v) is 16.9. The van der Waals surface area contributed by atoms with Crippen molar-refractivity contribution in [2.24, 2.45) is 5.92 Å². The number of rotatable bonds is 4. The summed E-state index contributed by atoms with van der Waals surface area (Å²) in [5, 5.41) is 0. The fourth-order valence-electron chi connectivity index (χ4n) is 4.45. The molecule has 7 nitrogen and oxygen atoms in total. The van der Waals surface area contributed by atoms with Crippen LogP contribution in [0.25, 0.3) is 0 Å². The summed E-state index contributed by atoms with van der Waals surface area (Å²) in [6.45, 7) is 2.52. The highest BCUT2D eigenvalue weighted by atomic mass is 32.2. The zero-order valence-electron chi connectivity index (χ0n) is 16.0. The standard InChI is InChI=1S/C20H28N2O5S/c23-19(22-12-5-4-10-18(22)20-26-13-14-27-20)16-7-6-11-21(15-16)28(24,25)17-8-2-1-3-9-17/h1-3,8-9,16,18,20H,4-7,10-15H2. The number of benzene rings is 1. The Morgan fingerprint density at radius 2 is 1.71 bits per heavy atom. The van der Waals surface area contributed by atoms with Crippen molar-refractivity contribution in [3.63, 3.8) is 0 Å². The van der Waals surface area contributed by atoms with Crippen LogP contribution in [0.1, 0.15) is 32.1 Å². The molecular formula is C20H28N2O5S. The van der Waals surface area contributed by atoms with E-state index in [1.54, 1.807) is 30.3 Å². The maximum absolute atomic E-state index is 13.3. The Morgan fingerprint density at radius 1 is 0.964 bits per heavy atom. The van der Waals surface area contributed by atoms with Gasteiger partial charge in [0.1, 0.15) is 0 Å². The molecule has 1 aromatic carbocycles. The number of hydrogen-bond donors (Lipinski definition) is 0. The van der Waals surface area contributed by atoms with Gasteiger partial charge in [-0.15, -0.1) is 0 Å². The van der Waals surface area contributed by atoms with Gasteiger partial charge in [0.2, 0.25) is 15.9 Å². The third-order valence-electron chi connectivity index (χ3n) is 5.91. The van der Waals surface area contributed by atoms with Crippen molar-refractivity contribution in [2.75, 3.05) is 32.8 Å². The molecule has 0 saturated carbocycles. The molecule has 3 saturated heterocycles. The molecule has 2 atom stereocenters. The summed E-state index contributed by atoms with van der Waals surface area (Å²) in [6.07, 6.45) is 3.95. The summed E-state index contributed by atoms with van der Waals surface area (Å²) in [5.74, 6) is -0.272. The molecule has 154 valence electrons. The van der Waals surface area contributed by atoms with E-state index in [9.17, 15) is 13.2 Å². The van der Waals surface area contributed by atoms with Crippen LogP contribution in [-0.2, 0) is 24.3 Å². The van der Waals surface area contributed by atoms with E-state index in [4.69, 9.17) is 9.47 Å². The van der Waals surface area contributed by atoms with Crippen LogP contribution in [0.15, 0.2) is 35.2 Å². The predicted octanol–water partition coefficient (Wildman–Crippen LogP) is 1.84. The molecule has 2 unspecified atom stereocenters. The highest BCUT2D eigenvalue weighted by Crippen LogP contribution is 2.30. The van der Waals surface area contributed by atoms with E-state index in [1.165, 1.54) is 4.31 Å². The highest BCUT2D eigenvalue weighted by molar-refractivity contribution is 7.89. The first kappa shape index (κ1) is 19.8. The molecule has 0 aromatic heterocycles. The Bertz CT molecular complexity index is 779. The van der Waals surface area contributed by atoms with Crippen molar-refractivity contribution in [3.8, 4) is 0 Å². The summed E-state index contributed by atoms with van der Waals surface area (Å²) in [4.78, 5) is 15.5. The molecule has 0 aliphatic carbocycles. The van der Waals surface area contributed by atoms with Crippen molar-refractivity contribution in [2.45, 2.75) is 49.3 Å². The van der Waals surface area contributed by atoms with Gasteiger partial charge in [0, 0.05) is 19.6 Å². The van der Waals surface area contributed by atoms with E-state index < -0.39 is 10.0 Å². The van der Waals surface area contributed by atoms with Crippen molar-refractivity contribution >= 4 is 15.9 Å². The molecule has 3 heterocycles. The van der Waals surface area contributed by atoms with Crippen LogP contribution in [0, 0.1) is 5.92 Å². The number of nitrogens with zero attached hydrogens (tertiary/aromatic N) is 2. The van der Waals surface area contributed by atoms with E-state index in [2.05, 4.69) is 0 Å². The normalized spacial score (nSPS) is 27.8. The molecule has 1 amide bonds. The third-order valence-corrected chi connectivity index (χ3v) is 7.79. The van der Waals surface area contributed by atoms with Gasteiger partial charge in [-0.25, -0.2) is 8.42 Å². The van der Waals surface area contributed by atoms with E-state index in [0.717, 1.165) is 25.7 Å². The smallest absolute Gasteiger partial charge is 0.243 e. The fourth-order valence-corrected chi connectivity index (χ4v) is 6.00. The Balaban J connectivity index is 1.48. The number of likely N-dealkylation sites (tertiary alicyclic amines) is 1. The first-order valence-electron chi connectivity index (χ1n) is 10.2. The molecule has 0 bridgehead atoms. The van der Waals surface area contributed by atoms with E-state index in [1.807, 2.05) is 4.90 Å². The van der Waals surface area contributed by atoms with Gasteiger partial charge in [-0.1, -0.05) is 18.2 Å². The van der Waals surface area contributed by atoms with Crippen LogP contribution >= 0.6 is 0 Å². The Labute approximate surface area is 166 Å². The first-order valence-corrected chi connectivity index (χ1v) is 11.6. The second-order valence-corrected chi connectivity index (χ2v) is 9.66. The van der Waals surface area contributed by atoms with Crippen molar-refractivity contribution < 1.29 is 22.7 Å². The minimum Gasteiger partial charge on any atom is -0.348 e. The van der Waals surface area contributed by atoms with E-state index in [-0.39, 0.29) is 35.6 Å². The van der Waals surface area contributed by atoms with Crippen LogP contribution in [0.4, 0.5) is 0 Å². The summed E-state index contributed by atoms with van der Waals surface area (Å²) >= 11 is 0. The van der Waals surface area contributed by atoms with Crippen LogP contribution < -0.4 is 0 Å². The average Bonchev–Trinajstić information content (AvgIpc) is 3.29. The van der Waals surface area contributed by atoms with Gasteiger partial charge in [-0.3, -0.25) is 4.79 Å². The lowest BCUT2D eigenvalue weighted by Crippen LogP contribution is -2.54. The molecule has 28 heavy (non-hydrogen) atoms. The minimum absolute atomic E-state index is 0.0387. The number of carbonyl (C=O) groups excluding carboxylic acids is 1. The van der Waals surface area contributed by atoms with E-state index >= 15 is 0 Å². The lowest BCUT2D eigenvalue weighted by molar-refractivity contribution is -0.155. The monoisotopic (exact) mass is 408 g/mol. The maximum atomic E-state index is 13.3. The van der Waals surface area contributed by atoms with Gasteiger partial charge in [0.05, 0.1) is 30.1 Å². The molecule has 0 N–H and O–H groups in total. The number of piperidine rings is 2. The number of ether oxygens (including phenoxy) is 2. The molecule has 3 aliphatic heterocycles. The van der Waals surface area contributed by atoms with Crippen LogP contribution in [-0.4, -0.2) is 68.7 Å². The average molecular weight is 409 g/mol. The predicted molar refractivity (Wildman–Crippen MR) is 103 cm³/mol. The summed E-state index contributed by atoms with van der Waals surface area (Å²) in [6, 6.07) is 8.39. The molecule has 0 radical (unpaired) electrons. The Hall–Kier alpha value is -1.48. The number of hydrogen-bond acceptors (Lipinski definition) is 5. The zero-order chi connectivity index (χ0) is 19.6. The lowest BCUT2D eigenvalue weighted by atomic mass is 9.94. The van der Waals surface area contributed by atoms with Crippen LogP contribution in [0.5, 0.6) is 0 Å². The largest absolute Gasteiger partial charge is 0.348 e. The molecule has 0 spiro atoms. The van der Waals surface area contributed by atoms with Crippen molar-refractivity contribution in [1.29, 1.82) is 0 Å². The molecule has 4 rings (SSSR count). The molecule has 8 heteroatoms. The van der Waals surface area contributed by atoms with Gasteiger partial charge >= 0.3 is 0 Å². The maximum Gasteiger partial charge on any atom is 0.243 e. The van der Waals surface area contributed by atoms with Crippen LogP contribution in [0.3, 0.4) is 0 Å². The topological polar surface area (TPSA) is 76.2 Å². The van der Waals surface area contributed by atoms with Gasteiger partial charge in [-0.2, -0.15) is 4.31 Å². The Kier molecular flexibility index (Phi) is 6.01. The fraction of sp³-hybridized carbons (Fsp3) is 0.650. The summed E-state index contributed by atoms with van der Waals surface area (Å²) < 4.78 is 38.7. The van der Waals surface area contributed by atoms with Gasteiger partial charge < -0.3 is 14.4 Å². The van der Waals surface area contributed by atoms with Crippen LogP contribution in [0.2, 0.25) is 0 Å². The van der Waals surface area contributed by atoms with Crippen molar-refractivity contribution in [1.82, 2.24) is 9.21 Å². The minimum atomic E-state index is -3.58. The Morgan fingerprint density at radius 3 is 2.46 bits per heavy atom. The second-order valence-electron chi connectivity index (χ2n) is 7.72. The SMILES string of the molecule is O=C(C1CCCN(S(=O)(=O)c2ccccc2)C1)N1CCCCC1C1OCCO1. The summed E-state index contributed by atoms with van der Waals surface area (Å²) in [5.41, 5.74) is 0. The number of sulfonamides is 1. The van der Waals surface area contributed by atoms with Crippen molar-refractivity contribution in [3.05, 3.63) is 30.3 Å². The highest BCUT2D eigenvalue weighted by Gasteiger charge is 2.41. The van der Waals surface area contributed by atoms with Gasteiger partial charge in [0.15, 0.2) is 6.29 Å². The quantitative estimate of drug-likeness (QED) is 0.760. The van der Waals surface area contributed by atoms with Gasteiger partial charge in [0.25, 0.3) is 0 Å². The lowest BCUT2D eigenvalue weighted by Gasteiger charge is -2.41. The van der Waals surface area contributed by atoms with E-state index in [0.29, 0.717) is 32.7 Å². The second kappa shape index (κ2) is 8.49. The molecule has 1 aromatic rings. The molecule has 3 fully saturated rings. The molecular weight excluding hydrogens is 380 g/mol. The number of carbonyl (C=O) groups is 1. The first-order chi connectivity index (χ1) is 13.6. The summed E-state index contributed by atoms with van der Waals surface area (Å²) in [7, 11) is -3.58. The molecule has 3 aliphatic rings.